The van der Waals surface area contributed by atoms with Gasteiger partial charge in [-0.05, 0) is 42.5 Å². The summed E-state index contributed by atoms with van der Waals surface area (Å²) in [5, 5.41) is 0. The Morgan fingerprint density at radius 2 is 1.47 bits per heavy atom. The standard InChI is InChI=1S/C27H38F2O/c1-5-8-9-10-11-12-13-25(27(6-2,7-3)30-4)22-16-14-21(15-17-22)24-19-18-23(28)20-26(24)29/h14-20,25H,5-13H2,1-4H3. The largest absolute Gasteiger partial charge is 0.378 e. The van der Waals surface area contributed by atoms with Crippen LogP contribution in [0.3, 0.4) is 0 Å². The number of methoxy groups -OCH3 is 1. The first-order chi connectivity index (χ1) is 14.5. The van der Waals surface area contributed by atoms with Gasteiger partial charge < -0.3 is 4.74 Å². The average molecular weight is 417 g/mol. The Bertz CT molecular complexity index is 742. The lowest BCUT2D eigenvalue weighted by Gasteiger charge is -2.39. The highest BCUT2D eigenvalue weighted by Gasteiger charge is 2.36. The van der Waals surface area contributed by atoms with Gasteiger partial charge in [-0.3, -0.25) is 0 Å². The monoisotopic (exact) mass is 416 g/mol. The topological polar surface area (TPSA) is 9.23 Å². The van der Waals surface area contributed by atoms with Crippen LogP contribution in [0.15, 0.2) is 42.5 Å². The van der Waals surface area contributed by atoms with E-state index in [0.29, 0.717) is 11.5 Å². The SMILES string of the molecule is CCCCCCCCC(c1ccc(-c2ccc(F)cc2F)cc1)C(CC)(CC)OC. The molecule has 1 atom stereocenters. The second-order valence-electron chi connectivity index (χ2n) is 8.33. The third-order valence-electron chi connectivity index (χ3n) is 6.64. The first-order valence-corrected chi connectivity index (χ1v) is 11.6. The minimum absolute atomic E-state index is 0.188. The summed E-state index contributed by atoms with van der Waals surface area (Å²) in [6.07, 6.45) is 10.6. The van der Waals surface area contributed by atoms with Gasteiger partial charge >= 0.3 is 0 Å². The Hall–Kier alpha value is -1.74. The van der Waals surface area contributed by atoms with Crippen LogP contribution in [0.25, 0.3) is 11.1 Å². The molecule has 0 spiro atoms. The fourth-order valence-electron chi connectivity index (χ4n) is 4.65. The average Bonchev–Trinajstić information content (AvgIpc) is 2.76. The van der Waals surface area contributed by atoms with E-state index in [1.54, 1.807) is 0 Å². The van der Waals surface area contributed by atoms with Gasteiger partial charge in [0, 0.05) is 24.7 Å². The summed E-state index contributed by atoms with van der Waals surface area (Å²) in [5.41, 5.74) is 2.25. The highest BCUT2D eigenvalue weighted by atomic mass is 19.1. The van der Waals surface area contributed by atoms with Gasteiger partial charge in [-0.25, -0.2) is 8.78 Å². The summed E-state index contributed by atoms with van der Waals surface area (Å²) < 4.78 is 33.5. The van der Waals surface area contributed by atoms with Gasteiger partial charge in [0.2, 0.25) is 0 Å². The first-order valence-electron chi connectivity index (χ1n) is 11.6. The molecule has 0 aliphatic rings. The molecule has 1 nitrogen and oxygen atoms in total. The molecule has 0 bridgehead atoms. The molecular formula is C27H38F2O. The van der Waals surface area contributed by atoms with Gasteiger partial charge in [0.05, 0.1) is 5.60 Å². The summed E-state index contributed by atoms with van der Waals surface area (Å²) in [6.45, 7) is 6.64. The molecule has 30 heavy (non-hydrogen) atoms. The zero-order chi connectivity index (χ0) is 22.0. The van der Waals surface area contributed by atoms with Crippen molar-refractivity contribution in [2.24, 2.45) is 0 Å². The number of ether oxygens (including phenoxy) is 1. The molecule has 0 saturated heterocycles. The maximum Gasteiger partial charge on any atom is 0.133 e. The minimum atomic E-state index is -0.553. The Kier molecular flexibility index (Phi) is 9.97. The molecule has 0 heterocycles. The van der Waals surface area contributed by atoms with Crippen LogP contribution in [-0.4, -0.2) is 12.7 Å². The molecule has 2 aromatic carbocycles. The van der Waals surface area contributed by atoms with Gasteiger partial charge in [0.15, 0.2) is 0 Å². The smallest absolute Gasteiger partial charge is 0.133 e. The van der Waals surface area contributed by atoms with Crippen molar-refractivity contribution < 1.29 is 13.5 Å². The van der Waals surface area contributed by atoms with E-state index in [1.807, 2.05) is 19.2 Å². The van der Waals surface area contributed by atoms with Crippen molar-refractivity contribution in [3.05, 3.63) is 59.7 Å². The molecule has 0 amide bonds. The quantitative estimate of drug-likeness (QED) is 0.297. The Morgan fingerprint density at radius 1 is 0.833 bits per heavy atom. The molecule has 0 aliphatic carbocycles. The van der Waals surface area contributed by atoms with Gasteiger partial charge in [-0.2, -0.15) is 0 Å². The molecule has 0 aromatic heterocycles. The number of halogens is 2. The van der Waals surface area contributed by atoms with Crippen molar-refractivity contribution >= 4 is 0 Å². The number of benzene rings is 2. The summed E-state index contributed by atoms with van der Waals surface area (Å²) in [7, 11) is 1.82. The minimum Gasteiger partial charge on any atom is -0.378 e. The first kappa shape index (κ1) is 24.5. The van der Waals surface area contributed by atoms with E-state index >= 15 is 0 Å². The molecule has 3 heteroatoms. The predicted molar refractivity (Wildman–Crippen MR) is 123 cm³/mol. The zero-order valence-electron chi connectivity index (χ0n) is 19.1. The molecular weight excluding hydrogens is 378 g/mol. The predicted octanol–water partition coefficient (Wildman–Crippen LogP) is 8.67. The van der Waals surface area contributed by atoms with Crippen LogP contribution in [0.5, 0.6) is 0 Å². The fourth-order valence-corrected chi connectivity index (χ4v) is 4.65. The van der Waals surface area contributed by atoms with E-state index in [-0.39, 0.29) is 5.60 Å². The number of hydrogen-bond acceptors (Lipinski definition) is 1. The number of rotatable bonds is 13. The normalized spacial score (nSPS) is 12.9. The van der Waals surface area contributed by atoms with E-state index in [1.165, 1.54) is 56.2 Å². The second-order valence-corrected chi connectivity index (χ2v) is 8.33. The maximum atomic E-state index is 14.2. The number of hydrogen-bond donors (Lipinski definition) is 0. The molecule has 1 unspecified atom stereocenters. The third-order valence-corrected chi connectivity index (χ3v) is 6.64. The van der Waals surface area contributed by atoms with E-state index in [4.69, 9.17) is 4.74 Å². The van der Waals surface area contributed by atoms with Crippen LogP contribution in [0, 0.1) is 11.6 Å². The van der Waals surface area contributed by atoms with E-state index in [9.17, 15) is 8.78 Å². The fraction of sp³-hybridized carbons (Fsp3) is 0.556. The van der Waals surface area contributed by atoms with Crippen LogP contribution in [-0.2, 0) is 4.74 Å². The summed E-state index contributed by atoms with van der Waals surface area (Å²) in [6, 6.07) is 11.8. The molecule has 0 saturated carbocycles. The molecule has 0 fully saturated rings. The van der Waals surface area contributed by atoms with Crippen molar-refractivity contribution in [1.29, 1.82) is 0 Å². The van der Waals surface area contributed by atoms with Crippen LogP contribution in [0.4, 0.5) is 8.78 Å². The summed E-state index contributed by atoms with van der Waals surface area (Å²) in [4.78, 5) is 0. The second kappa shape index (κ2) is 12.2. The molecule has 0 aliphatic heterocycles. The Morgan fingerprint density at radius 3 is 2.03 bits per heavy atom. The van der Waals surface area contributed by atoms with Gasteiger partial charge in [0.1, 0.15) is 11.6 Å². The summed E-state index contributed by atoms with van der Waals surface area (Å²) >= 11 is 0. The molecule has 2 rings (SSSR count). The third kappa shape index (κ3) is 6.14. The van der Waals surface area contributed by atoms with E-state index in [0.717, 1.165) is 30.9 Å². The van der Waals surface area contributed by atoms with Gasteiger partial charge in [-0.1, -0.05) is 83.6 Å². The lowest BCUT2D eigenvalue weighted by molar-refractivity contribution is -0.0425. The van der Waals surface area contributed by atoms with Crippen LogP contribution in [0.1, 0.15) is 90.0 Å². The van der Waals surface area contributed by atoms with Gasteiger partial charge in [0.25, 0.3) is 0 Å². The van der Waals surface area contributed by atoms with Crippen molar-refractivity contribution in [2.75, 3.05) is 7.11 Å². The molecule has 166 valence electrons. The lowest BCUT2D eigenvalue weighted by atomic mass is 9.75. The molecule has 2 aromatic rings. The Balaban J connectivity index is 2.22. The molecule has 0 N–H and O–H groups in total. The van der Waals surface area contributed by atoms with Gasteiger partial charge in [-0.15, -0.1) is 0 Å². The maximum absolute atomic E-state index is 14.2. The lowest BCUT2D eigenvalue weighted by Crippen LogP contribution is -2.37. The van der Waals surface area contributed by atoms with Crippen molar-refractivity contribution in [3.8, 4) is 11.1 Å². The van der Waals surface area contributed by atoms with Crippen LogP contribution < -0.4 is 0 Å². The van der Waals surface area contributed by atoms with Crippen molar-refractivity contribution in [3.63, 3.8) is 0 Å². The van der Waals surface area contributed by atoms with E-state index in [2.05, 4.69) is 32.9 Å². The number of unbranched alkanes of at least 4 members (excludes halogenated alkanes) is 5. The van der Waals surface area contributed by atoms with Crippen molar-refractivity contribution in [1.82, 2.24) is 0 Å². The highest BCUT2D eigenvalue weighted by Crippen LogP contribution is 2.41. The zero-order valence-corrected chi connectivity index (χ0v) is 19.1. The van der Waals surface area contributed by atoms with Crippen LogP contribution >= 0.6 is 0 Å². The summed E-state index contributed by atoms with van der Waals surface area (Å²) in [5.74, 6) is -0.779. The highest BCUT2D eigenvalue weighted by molar-refractivity contribution is 5.64. The van der Waals surface area contributed by atoms with Crippen molar-refractivity contribution in [2.45, 2.75) is 90.1 Å². The van der Waals surface area contributed by atoms with Crippen LogP contribution in [0.2, 0.25) is 0 Å². The van der Waals surface area contributed by atoms with E-state index < -0.39 is 11.6 Å². The molecule has 0 radical (unpaired) electrons. The Labute approximate surface area is 181 Å².